The molecule has 1 heterocycles. The molecule has 0 spiro atoms. The first-order valence-corrected chi connectivity index (χ1v) is 13.2. The average molecular weight is 489 g/mol. The van der Waals surface area contributed by atoms with Gasteiger partial charge in [0.2, 0.25) is 0 Å². The number of aryl methyl sites for hydroxylation is 2. The van der Waals surface area contributed by atoms with Crippen LogP contribution in [0.3, 0.4) is 0 Å². The van der Waals surface area contributed by atoms with Crippen LogP contribution in [-0.2, 0) is 16.3 Å². The Hall–Kier alpha value is -3.91. The molecule has 35 heavy (non-hydrogen) atoms. The highest BCUT2D eigenvalue weighted by Gasteiger charge is 2.13. The molecule has 4 aromatic rings. The fourth-order valence-corrected chi connectivity index (χ4v) is 4.40. The molecule has 0 bridgehead atoms. The van der Waals surface area contributed by atoms with E-state index in [-0.39, 0.29) is 10.9 Å². The van der Waals surface area contributed by atoms with Crippen molar-refractivity contribution in [3.63, 3.8) is 0 Å². The molecule has 0 fully saturated rings. The standard InChI is InChI=1S/C27H28N4O3S/c1-20-8-6-11-22(18-20)29-27(32)28-17-7-12-23-19-26(21-9-4-3-5-10-21)31(30-23)24-13-15-25(16-14-24)35(2,33)34/h3-6,8-11,13-16,18-19H,7,12,17H2,1-2H3,(H2,28,29,32). The summed E-state index contributed by atoms with van der Waals surface area (Å²) in [6, 6.07) is 26.1. The third-order valence-electron chi connectivity index (χ3n) is 5.51. The van der Waals surface area contributed by atoms with Gasteiger partial charge in [-0.05, 0) is 67.8 Å². The van der Waals surface area contributed by atoms with E-state index >= 15 is 0 Å². The van der Waals surface area contributed by atoms with E-state index in [9.17, 15) is 13.2 Å². The van der Waals surface area contributed by atoms with Crippen molar-refractivity contribution >= 4 is 21.6 Å². The minimum absolute atomic E-state index is 0.239. The highest BCUT2D eigenvalue weighted by Crippen LogP contribution is 2.25. The van der Waals surface area contributed by atoms with Gasteiger partial charge in [-0.1, -0.05) is 42.5 Å². The molecule has 1 aromatic heterocycles. The quantitative estimate of drug-likeness (QED) is 0.341. The van der Waals surface area contributed by atoms with Crippen LogP contribution in [0.25, 0.3) is 16.9 Å². The second kappa shape index (κ2) is 10.6. The monoisotopic (exact) mass is 488 g/mol. The number of urea groups is 1. The summed E-state index contributed by atoms with van der Waals surface area (Å²) >= 11 is 0. The van der Waals surface area contributed by atoms with Crippen LogP contribution in [0, 0.1) is 6.92 Å². The summed E-state index contributed by atoms with van der Waals surface area (Å²) in [5, 5.41) is 10.5. The molecule has 0 aliphatic rings. The van der Waals surface area contributed by atoms with Crippen LogP contribution < -0.4 is 10.6 Å². The third-order valence-corrected chi connectivity index (χ3v) is 6.64. The maximum atomic E-state index is 12.2. The molecule has 8 heteroatoms. The molecule has 3 aromatic carbocycles. The second-order valence-electron chi connectivity index (χ2n) is 8.42. The zero-order valence-corrected chi connectivity index (χ0v) is 20.5. The van der Waals surface area contributed by atoms with Crippen molar-refractivity contribution in [3.05, 3.63) is 96.2 Å². The molecule has 7 nitrogen and oxygen atoms in total. The topological polar surface area (TPSA) is 93.1 Å². The summed E-state index contributed by atoms with van der Waals surface area (Å²) in [6.07, 6.45) is 2.59. The first-order valence-electron chi connectivity index (χ1n) is 11.4. The van der Waals surface area contributed by atoms with Gasteiger partial charge in [0.25, 0.3) is 0 Å². The Balaban J connectivity index is 1.45. The van der Waals surface area contributed by atoms with Gasteiger partial charge in [0.05, 0.1) is 22.0 Å². The van der Waals surface area contributed by atoms with Crippen molar-refractivity contribution in [1.29, 1.82) is 0 Å². The van der Waals surface area contributed by atoms with E-state index in [1.807, 2.05) is 72.3 Å². The number of aromatic nitrogens is 2. The molecule has 0 saturated heterocycles. The van der Waals surface area contributed by atoms with Crippen LogP contribution in [-0.4, -0.2) is 37.0 Å². The Morgan fingerprint density at radius 2 is 1.69 bits per heavy atom. The highest BCUT2D eigenvalue weighted by molar-refractivity contribution is 7.90. The zero-order valence-electron chi connectivity index (χ0n) is 19.7. The minimum Gasteiger partial charge on any atom is -0.338 e. The fraction of sp³-hybridized carbons (Fsp3) is 0.185. The molecule has 0 aliphatic heterocycles. The van der Waals surface area contributed by atoms with Crippen LogP contribution in [0.1, 0.15) is 17.7 Å². The lowest BCUT2D eigenvalue weighted by molar-refractivity contribution is 0.252. The first kappa shape index (κ1) is 24.2. The third kappa shape index (κ3) is 6.36. The molecule has 2 N–H and O–H groups in total. The number of nitrogens with zero attached hydrogens (tertiary/aromatic N) is 2. The summed E-state index contributed by atoms with van der Waals surface area (Å²) in [4.78, 5) is 12.4. The van der Waals surface area contributed by atoms with Crippen molar-refractivity contribution in [2.45, 2.75) is 24.7 Å². The van der Waals surface area contributed by atoms with Gasteiger partial charge in [0, 0.05) is 24.1 Å². The number of carbonyl (C=O) groups excluding carboxylic acids is 1. The summed E-state index contributed by atoms with van der Waals surface area (Å²) in [7, 11) is -3.27. The number of hydrogen-bond acceptors (Lipinski definition) is 4. The maximum absolute atomic E-state index is 12.2. The lowest BCUT2D eigenvalue weighted by Gasteiger charge is -2.08. The molecule has 0 radical (unpaired) electrons. The molecule has 0 aliphatic carbocycles. The van der Waals surface area contributed by atoms with Crippen molar-refractivity contribution in [2.24, 2.45) is 0 Å². The van der Waals surface area contributed by atoms with Crippen molar-refractivity contribution in [3.8, 4) is 16.9 Å². The Morgan fingerprint density at radius 3 is 2.37 bits per heavy atom. The Morgan fingerprint density at radius 1 is 0.943 bits per heavy atom. The Kier molecular flexibility index (Phi) is 7.31. The van der Waals surface area contributed by atoms with E-state index in [0.29, 0.717) is 13.0 Å². The van der Waals surface area contributed by atoms with E-state index in [1.165, 1.54) is 6.26 Å². The van der Waals surface area contributed by atoms with Gasteiger partial charge in [0.15, 0.2) is 9.84 Å². The van der Waals surface area contributed by atoms with Crippen molar-refractivity contribution < 1.29 is 13.2 Å². The molecule has 2 amide bonds. The van der Waals surface area contributed by atoms with Gasteiger partial charge in [-0.25, -0.2) is 17.9 Å². The van der Waals surface area contributed by atoms with E-state index in [1.54, 1.807) is 24.3 Å². The van der Waals surface area contributed by atoms with Crippen LogP contribution in [0.2, 0.25) is 0 Å². The van der Waals surface area contributed by atoms with Gasteiger partial charge >= 0.3 is 6.03 Å². The summed E-state index contributed by atoms with van der Waals surface area (Å²) in [6.45, 7) is 2.49. The average Bonchev–Trinajstić information content (AvgIpc) is 3.26. The first-order chi connectivity index (χ1) is 16.8. The molecule has 180 valence electrons. The molecule has 0 saturated carbocycles. The maximum Gasteiger partial charge on any atom is 0.319 e. The lowest BCUT2D eigenvalue weighted by Crippen LogP contribution is -2.29. The number of benzene rings is 3. The molecule has 0 atom stereocenters. The minimum atomic E-state index is -3.27. The second-order valence-corrected chi connectivity index (χ2v) is 10.4. The largest absolute Gasteiger partial charge is 0.338 e. The van der Waals surface area contributed by atoms with E-state index in [2.05, 4.69) is 10.6 Å². The molecule has 4 rings (SSSR count). The molecular formula is C27H28N4O3S. The Labute approximate surface area is 205 Å². The number of carbonyl (C=O) groups is 1. The van der Waals surface area contributed by atoms with Gasteiger partial charge < -0.3 is 10.6 Å². The number of hydrogen-bond donors (Lipinski definition) is 2. The predicted octanol–water partition coefficient (Wildman–Crippen LogP) is 5.01. The van der Waals surface area contributed by atoms with E-state index < -0.39 is 9.84 Å². The van der Waals surface area contributed by atoms with Crippen LogP contribution in [0.15, 0.2) is 89.8 Å². The highest BCUT2D eigenvalue weighted by atomic mass is 32.2. The van der Waals surface area contributed by atoms with Crippen molar-refractivity contribution in [1.82, 2.24) is 15.1 Å². The Bertz CT molecular complexity index is 1410. The van der Waals surface area contributed by atoms with E-state index in [4.69, 9.17) is 5.10 Å². The van der Waals surface area contributed by atoms with Crippen LogP contribution in [0.5, 0.6) is 0 Å². The number of amides is 2. The summed E-state index contributed by atoms with van der Waals surface area (Å²) < 4.78 is 25.5. The molecule has 0 unspecified atom stereocenters. The van der Waals surface area contributed by atoms with Gasteiger partial charge in [-0.3, -0.25) is 0 Å². The summed E-state index contributed by atoms with van der Waals surface area (Å²) in [5.41, 5.74) is 5.43. The van der Waals surface area contributed by atoms with E-state index in [0.717, 1.165) is 40.3 Å². The number of nitrogens with one attached hydrogen (secondary N) is 2. The smallest absolute Gasteiger partial charge is 0.319 e. The SMILES string of the molecule is Cc1cccc(NC(=O)NCCCc2cc(-c3ccccc3)n(-c3ccc(S(C)(=O)=O)cc3)n2)c1. The predicted molar refractivity (Wildman–Crippen MR) is 139 cm³/mol. The fourth-order valence-electron chi connectivity index (χ4n) is 3.77. The number of sulfone groups is 1. The van der Waals surface area contributed by atoms with Gasteiger partial charge in [-0.2, -0.15) is 5.10 Å². The van der Waals surface area contributed by atoms with Crippen LogP contribution in [0.4, 0.5) is 10.5 Å². The zero-order chi connectivity index (χ0) is 24.8. The van der Waals surface area contributed by atoms with Gasteiger partial charge in [0.1, 0.15) is 0 Å². The molecular weight excluding hydrogens is 460 g/mol. The van der Waals surface area contributed by atoms with Crippen molar-refractivity contribution in [2.75, 3.05) is 18.1 Å². The normalized spacial score (nSPS) is 11.3. The number of rotatable bonds is 8. The van der Waals surface area contributed by atoms with Crippen LogP contribution >= 0.6 is 0 Å². The van der Waals surface area contributed by atoms with Gasteiger partial charge in [-0.15, -0.1) is 0 Å². The summed E-state index contributed by atoms with van der Waals surface area (Å²) in [5.74, 6) is 0. The number of anilines is 1. The lowest BCUT2D eigenvalue weighted by atomic mass is 10.1.